The predicted octanol–water partition coefficient (Wildman–Crippen LogP) is 33.9. The summed E-state index contributed by atoms with van der Waals surface area (Å²) in [6.45, 7) is 2.50. The molecular formula is C113H194O16P2. The minimum atomic E-state index is -4.95. The van der Waals surface area contributed by atoms with Crippen molar-refractivity contribution in [2.45, 2.75) is 476 Å². The summed E-state index contributed by atoms with van der Waals surface area (Å²) in [5, 5.41) is 20.8. The predicted molar refractivity (Wildman–Crippen MR) is 555 cm³/mol. The van der Waals surface area contributed by atoms with Crippen LogP contribution in [0.25, 0.3) is 0 Å². The topological polar surface area (TPSA) is 231 Å². The van der Waals surface area contributed by atoms with Crippen LogP contribution in [0, 0.1) is 0 Å². The molecule has 0 aliphatic heterocycles. The number of aliphatic hydroxyl groups is 2. The van der Waals surface area contributed by atoms with Gasteiger partial charge in [0, 0.05) is 19.3 Å². The quantitative estimate of drug-likeness (QED) is 0.0146. The first-order valence-corrected chi connectivity index (χ1v) is 56.1. The monoisotopic (exact) mass is 1870 g/mol. The fourth-order valence-corrected chi connectivity index (χ4v) is 16.2. The van der Waals surface area contributed by atoms with E-state index >= 15 is 0 Å². The van der Waals surface area contributed by atoms with Crippen LogP contribution in [0.5, 0.6) is 0 Å². The van der Waals surface area contributed by atoms with E-state index in [-0.39, 0.29) is 19.3 Å². The van der Waals surface area contributed by atoms with Gasteiger partial charge in [-0.2, -0.15) is 0 Å². The van der Waals surface area contributed by atoms with Crippen molar-refractivity contribution < 1.29 is 75.8 Å². The van der Waals surface area contributed by atoms with Crippen molar-refractivity contribution in [2.24, 2.45) is 0 Å². The van der Waals surface area contributed by atoms with E-state index in [1.165, 1.54) is 238 Å². The Morgan fingerprint density at radius 1 is 0.221 bits per heavy atom. The highest BCUT2D eigenvalue weighted by atomic mass is 31.2. The molecule has 0 aliphatic rings. The summed E-state index contributed by atoms with van der Waals surface area (Å²) in [4.78, 5) is 59.3. The lowest BCUT2D eigenvalue weighted by Crippen LogP contribution is -2.30. The highest BCUT2D eigenvalue weighted by molar-refractivity contribution is 7.47. The molecule has 0 rings (SSSR count). The van der Waals surface area contributed by atoms with E-state index in [1.54, 1.807) is 0 Å². The average molecular weight is 1870 g/mol. The molecule has 0 aromatic carbocycles. The molecule has 0 amide bonds. The molecule has 5 unspecified atom stereocenters. The Labute approximate surface area is 802 Å². The van der Waals surface area contributed by atoms with Crippen molar-refractivity contribution in [3.8, 4) is 0 Å². The molecular weight excluding hydrogens is 1680 g/mol. The van der Waals surface area contributed by atoms with E-state index in [4.69, 9.17) is 32.3 Å². The number of ether oxygens (including phenoxy) is 3. The Balaban J connectivity index is 4.58. The first-order chi connectivity index (χ1) is 64.2. The minimum absolute atomic E-state index is 0.0981. The third-order valence-electron chi connectivity index (χ3n) is 22.6. The highest BCUT2D eigenvalue weighted by Gasteiger charge is 2.30. The molecule has 18 heteroatoms. The summed E-state index contributed by atoms with van der Waals surface area (Å²) in [6.07, 6.45) is 138. The zero-order valence-electron chi connectivity index (χ0n) is 83.5. The lowest BCUT2D eigenvalue weighted by atomic mass is 10.0. The van der Waals surface area contributed by atoms with E-state index in [0.29, 0.717) is 19.3 Å². The van der Waals surface area contributed by atoms with Gasteiger partial charge in [-0.3, -0.25) is 32.5 Å². The van der Waals surface area contributed by atoms with E-state index in [9.17, 15) is 43.5 Å². The smallest absolute Gasteiger partial charge is 0.463 e. The standard InChI is InChI=1S/C113H194O16P2/c1-4-7-10-13-16-19-22-25-28-31-34-37-40-43-46-48-50-52-53-55-57-58-61-63-66-69-72-75-78-81-84-87-90-93-96-99-111(116)123-102-108(114)103-125-130(119,120)126-104-109(115)105-127-131(121,122)128-107-110(129-113(118)101-98-95-92-89-86-83-80-77-74-71-68-65-60-45-42-39-36-33-30-27-24-21-18-15-12-9-6-3)106-124-112(117)100-97-94-91-88-85-82-79-76-73-70-67-64-62-59-56-54-51-49-47-44-41-38-35-32-29-26-23-20-17-14-11-8-5-2/h7,9-10,12,16-21,25-30,34-39,43-47,50,52,60,108-110,114-115H,4-6,8,11,13-15,22-24,31-33,40-42,48-49,51,53-59,61-107H2,1-3H3,(H,119,120)(H,121,122)/b10-7-,12-9-,19-16-,20-17-,21-18-,28-25-,29-26-,30-27-,37-34-,38-35-,39-36-,46-43-,47-44-,52-50-,60-45-. The first kappa shape index (κ1) is 126. The number of unbranched alkanes of at least 4 members (excludes halogenated alkanes) is 47. The van der Waals surface area contributed by atoms with Gasteiger partial charge in [-0.25, -0.2) is 9.13 Å². The molecule has 0 spiro atoms. The zero-order valence-corrected chi connectivity index (χ0v) is 85.2. The van der Waals surface area contributed by atoms with Crippen LogP contribution >= 0.6 is 15.6 Å². The Morgan fingerprint density at radius 2 is 0.405 bits per heavy atom. The Kier molecular flexibility index (Phi) is 99.3. The summed E-state index contributed by atoms with van der Waals surface area (Å²) in [6, 6.07) is 0. The maximum absolute atomic E-state index is 13.1. The number of esters is 3. The number of phosphoric acid groups is 2. The summed E-state index contributed by atoms with van der Waals surface area (Å²) in [5.41, 5.74) is 0. The summed E-state index contributed by atoms with van der Waals surface area (Å²) >= 11 is 0. The van der Waals surface area contributed by atoms with Crippen molar-refractivity contribution in [2.75, 3.05) is 39.6 Å². The van der Waals surface area contributed by atoms with Crippen LogP contribution in [0.3, 0.4) is 0 Å². The normalized spacial score (nSPS) is 14.3. The van der Waals surface area contributed by atoms with Crippen LogP contribution in [0.2, 0.25) is 0 Å². The maximum Gasteiger partial charge on any atom is 0.472 e. The molecule has 0 radical (unpaired) electrons. The van der Waals surface area contributed by atoms with Crippen LogP contribution in [0.1, 0.15) is 457 Å². The van der Waals surface area contributed by atoms with Crippen LogP contribution in [0.4, 0.5) is 0 Å². The van der Waals surface area contributed by atoms with Gasteiger partial charge in [0.2, 0.25) is 0 Å². The highest BCUT2D eigenvalue weighted by Crippen LogP contribution is 2.45. The number of hydrogen-bond acceptors (Lipinski definition) is 14. The fourth-order valence-electron chi connectivity index (χ4n) is 14.7. The molecule has 0 saturated heterocycles. The molecule has 0 aromatic rings. The number of carbonyl (C=O) groups excluding carboxylic acids is 3. The van der Waals surface area contributed by atoms with E-state index in [1.807, 2.05) is 0 Å². The Bertz CT molecular complexity index is 3110. The van der Waals surface area contributed by atoms with Gasteiger partial charge in [-0.1, -0.05) is 460 Å². The molecule has 131 heavy (non-hydrogen) atoms. The number of rotatable bonds is 100. The van der Waals surface area contributed by atoms with Crippen molar-refractivity contribution >= 4 is 33.6 Å². The van der Waals surface area contributed by atoms with Gasteiger partial charge < -0.3 is 34.2 Å². The molecule has 4 N–H and O–H groups in total. The van der Waals surface area contributed by atoms with Crippen LogP contribution in [-0.2, 0) is 55.8 Å². The Morgan fingerprint density at radius 3 is 0.641 bits per heavy atom. The zero-order chi connectivity index (χ0) is 95.0. The second kappa shape index (κ2) is 104. The van der Waals surface area contributed by atoms with E-state index in [0.717, 1.165) is 161 Å². The summed E-state index contributed by atoms with van der Waals surface area (Å²) in [5.74, 6) is -1.56. The molecule has 0 heterocycles. The molecule has 0 aliphatic carbocycles. The lowest BCUT2D eigenvalue weighted by molar-refractivity contribution is -0.161. The van der Waals surface area contributed by atoms with Crippen molar-refractivity contribution in [3.63, 3.8) is 0 Å². The molecule has 0 saturated carbocycles. The van der Waals surface area contributed by atoms with Gasteiger partial charge in [-0.05, 0) is 161 Å². The third-order valence-corrected chi connectivity index (χ3v) is 24.5. The average Bonchev–Trinajstić information content (AvgIpc) is 0.885. The molecule has 0 aromatic heterocycles. The van der Waals surface area contributed by atoms with Crippen LogP contribution in [-0.4, -0.2) is 95.9 Å². The molecule has 0 bridgehead atoms. The SMILES string of the molecule is CC/C=C\C/C=C\C/C=C\C/C=C\C/C=C\C/C=C\CCCCCCCCCCCCCCCCCCC(=O)OCC(O)COP(=O)(O)OCC(O)COP(=O)(O)OCC(COC(=O)CCCCCCCCCCCCCCCCCCC/C=C\C/C=C\C/C=C\C/C=C\CCCCC)OC(=O)CCCCCCCCCCCCC/C=C\C/C=C\C/C=C\C/C=C\C/C=C\CC. The van der Waals surface area contributed by atoms with Gasteiger partial charge in [0.25, 0.3) is 0 Å². The Hall–Kier alpha value is -5.35. The second-order valence-electron chi connectivity index (χ2n) is 35.3. The number of hydrogen-bond donors (Lipinski definition) is 4. The van der Waals surface area contributed by atoms with Gasteiger partial charge in [0.15, 0.2) is 6.10 Å². The van der Waals surface area contributed by atoms with Gasteiger partial charge in [0.05, 0.1) is 26.4 Å². The van der Waals surface area contributed by atoms with Crippen LogP contribution < -0.4 is 0 Å². The largest absolute Gasteiger partial charge is 0.472 e. The minimum Gasteiger partial charge on any atom is -0.463 e. The molecule has 0 fully saturated rings. The fraction of sp³-hybridized carbons (Fsp3) is 0.708. The molecule has 5 atom stereocenters. The molecule has 16 nitrogen and oxygen atoms in total. The van der Waals surface area contributed by atoms with Crippen molar-refractivity contribution in [3.05, 3.63) is 182 Å². The summed E-state index contributed by atoms with van der Waals surface area (Å²) in [7, 11) is -9.82. The van der Waals surface area contributed by atoms with Crippen molar-refractivity contribution in [1.82, 2.24) is 0 Å². The number of phosphoric ester groups is 2. The van der Waals surface area contributed by atoms with Gasteiger partial charge >= 0.3 is 33.6 Å². The van der Waals surface area contributed by atoms with Crippen molar-refractivity contribution in [1.29, 1.82) is 0 Å². The summed E-state index contributed by atoms with van der Waals surface area (Å²) < 4.78 is 61.8. The van der Waals surface area contributed by atoms with Gasteiger partial charge in [-0.15, -0.1) is 0 Å². The maximum atomic E-state index is 13.1. The molecule has 752 valence electrons. The van der Waals surface area contributed by atoms with Gasteiger partial charge in [0.1, 0.15) is 25.4 Å². The first-order valence-electron chi connectivity index (χ1n) is 53.1. The number of allylic oxidation sites excluding steroid dienone is 30. The number of aliphatic hydroxyl groups excluding tert-OH is 2. The van der Waals surface area contributed by atoms with E-state index < -0.39 is 91.5 Å². The number of carbonyl (C=O) groups is 3. The van der Waals surface area contributed by atoms with E-state index in [2.05, 4.69) is 203 Å². The van der Waals surface area contributed by atoms with Crippen LogP contribution in [0.15, 0.2) is 182 Å². The lowest BCUT2D eigenvalue weighted by Gasteiger charge is -2.21. The third kappa shape index (κ3) is 105. The second-order valence-corrected chi connectivity index (χ2v) is 38.2.